The van der Waals surface area contributed by atoms with Gasteiger partial charge in [0.25, 0.3) is 0 Å². The standard InChI is InChI=1S/C21H23FN2O3/c22-18-12-23-20(25)11-17(18)14-4-5-19-15(10-14)13-26-21(27-19)6-8-24(9-7-21)16-2-1-3-16/h4-5,10-12,16H,1-3,6-9,13H2,(H,23,25). The Kier molecular flexibility index (Phi) is 4.06. The van der Waals surface area contributed by atoms with Crippen LogP contribution in [0.15, 0.2) is 35.3 Å². The van der Waals surface area contributed by atoms with E-state index in [9.17, 15) is 9.18 Å². The van der Waals surface area contributed by atoms with Gasteiger partial charge in [-0.05, 0) is 30.5 Å². The predicted molar refractivity (Wildman–Crippen MR) is 99.1 cm³/mol. The topological polar surface area (TPSA) is 54.6 Å². The van der Waals surface area contributed by atoms with Crippen molar-refractivity contribution in [3.05, 3.63) is 52.2 Å². The highest BCUT2D eigenvalue weighted by atomic mass is 19.1. The summed E-state index contributed by atoms with van der Waals surface area (Å²) in [6.45, 7) is 2.46. The van der Waals surface area contributed by atoms with E-state index in [1.807, 2.05) is 12.1 Å². The quantitative estimate of drug-likeness (QED) is 0.880. The van der Waals surface area contributed by atoms with Gasteiger partial charge in [-0.2, -0.15) is 0 Å². The van der Waals surface area contributed by atoms with Crippen LogP contribution in [0.3, 0.4) is 0 Å². The van der Waals surface area contributed by atoms with Crippen molar-refractivity contribution in [1.29, 1.82) is 0 Å². The lowest BCUT2D eigenvalue weighted by molar-refractivity contribution is -0.231. The molecule has 0 radical (unpaired) electrons. The Bertz CT molecular complexity index is 914. The molecule has 2 aromatic rings. The normalized spacial score (nSPS) is 22.1. The van der Waals surface area contributed by atoms with Crippen LogP contribution in [0.2, 0.25) is 0 Å². The molecule has 3 heterocycles. The Hall–Kier alpha value is -2.18. The predicted octanol–water partition coefficient (Wildman–Crippen LogP) is 3.43. The van der Waals surface area contributed by atoms with Crippen LogP contribution in [-0.2, 0) is 11.3 Å². The molecule has 1 spiro atoms. The van der Waals surface area contributed by atoms with Crippen molar-refractivity contribution in [3.8, 4) is 16.9 Å². The number of halogens is 1. The third-order valence-corrected chi connectivity index (χ3v) is 6.18. The Balaban J connectivity index is 1.35. The highest BCUT2D eigenvalue weighted by Crippen LogP contribution is 2.40. The number of nitrogens with zero attached hydrogens (tertiary/aromatic N) is 1. The van der Waals surface area contributed by atoms with Gasteiger partial charge in [-0.15, -0.1) is 0 Å². The largest absolute Gasteiger partial charge is 0.462 e. The summed E-state index contributed by atoms with van der Waals surface area (Å²) in [6, 6.07) is 7.56. The summed E-state index contributed by atoms with van der Waals surface area (Å²) in [5.41, 5.74) is 1.50. The van der Waals surface area contributed by atoms with Crippen molar-refractivity contribution >= 4 is 0 Å². The number of aromatic nitrogens is 1. The third-order valence-electron chi connectivity index (χ3n) is 6.18. The van der Waals surface area contributed by atoms with E-state index in [0.29, 0.717) is 12.2 Å². The first-order valence-electron chi connectivity index (χ1n) is 9.70. The van der Waals surface area contributed by atoms with Crippen LogP contribution >= 0.6 is 0 Å². The molecule has 5 rings (SSSR count). The van der Waals surface area contributed by atoms with Crippen molar-refractivity contribution in [3.63, 3.8) is 0 Å². The maximum absolute atomic E-state index is 14.1. The van der Waals surface area contributed by atoms with Crippen LogP contribution in [0, 0.1) is 5.82 Å². The summed E-state index contributed by atoms with van der Waals surface area (Å²) in [5, 5.41) is 0. The molecule has 1 saturated heterocycles. The van der Waals surface area contributed by atoms with Crippen LogP contribution in [0.4, 0.5) is 4.39 Å². The number of piperidine rings is 1. The Labute approximate surface area is 157 Å². The maximum atomic E-state index is 14.1. The summed E-state index contributed by atoms with van der Waals surface area (Å²) < 4.78 is 26.5. The first-order valence-corrected chi connectivity index (χ1v) is 9.70. The van der Waals surface area contributed by atoms with E-state index in [4.69, 9.17) is 9.47 Å². The Morgan fingerprint density at radius 3 is 2.74 bits per heavy atom. The van der Waals surface area contributed by atoms with Crippen molar-refractivity contribution in [2.45, 2.75) is 50.5 Å². The van der Waals surface area contributed by atoms with Gasteiger partial charge in [-0.1, -0.05) is 12.5 Å². The average Bonchev–Trinajstić information content (AvgIpc) is 2.64. The number of nitrogens with one attached hydrogen (secondary N) is 1. The molecule has 3 aliphatic rings. The zero-order valence-electron chi connectivity index (χ0n) is 15.2. The molecule has 0 atom stereocenters. The zero-order valence-corrected chi connectivity index (χ0v) is 15.2. The number of hydrogen-bond donors (Lipinski definition) is 1. The third kappa shape index (κ3) is 3.07. The minimum absolute atomic E-state index is 0.288. The summed E-state index contributed by atoms with van der Waals surface area (Å²) in [4.78, 5) is 16.4. The molecule has 5 nitrogen and oxygen atoms in total. The number of hydrogen-bond acceptors (Lipinski definition) is 4. The molecule has 27 heavy (non-hydrogen) atoms. The van der Waals surface area contributed by atoms with Gasteiger partial charge in [-0.25, -0.2) is 4.39 Å². The lowest BCUT2D eigenvalue weighted by Gasteiger charge is -2.47. The van der Waals surface area contributed by atoms with E-state index in [2.05, 4.69) is 9.88 Å². The first kappa shape index (κ1) is 17.0. The molecule has 1 aromatic carbocycles. The highest BCUT2D eigenvalue weighted by molar-refractivity contribution is 5.66. The fourth-order valence-corrected chi connectivity index (χ4v) is 4.30. The van der Waals surface area contributed by atoms with Gasteiger partial charge in [0.15, 0.2) is 0 Å². The molecule has 0 bridgehead atoms. The van der Waals surface area contributed by atoms with Gasteiger partial charge in [0.2, 0.25) is 11.3 Å². The Morgan fingerprint density at radius 2 is 2.00 bits per heavy atom. The highest BCUT2D eigenvalue weighted by Gasteiger charge is 2.42. The fourth-order valence-electron chi connectivity index (χ4n) is 4.30. The van der Waals surface area contributed by atoms with E-state index >= 15 is 0 Å². The number of pyridine rings is 1. The fraction of sp³-hybridized carbons (Fsp3) is 0.476. The van der Waals surface area contributed by atoms with Gasteiger partial charge >= 0.3 is 0 Å². The molecule has 0 unspecified atom stereocenters. The van der Waals surface area contributed by atoms with E-state index in [1.54, 1.807) is 6.07 Å². The number of rotatable bonds is 2. The molecule has 1 saturated carbocycles. The van der Waals surface area contributed by atoms with Crippen LogP contribution in [0.1, 0.15) is 37.7 Å². The molecule has 1 aromatic heterocycles. The summed E-state index contributed by atoms with van der Waals surface area (Å²) in [5.74, 6) is -0.191. The smallest absolute Gasteiger partial charge is 0.248 e. The minimum atomic E-state index is -0.538. The molecule has 2 fully saturated rings. The lowest BCUT2D eigenvalue weighted by atomic mass is 9.89. The monoisotopic (exact) mass is 370 g/mol. The summed E-state index contributed by atoms with van der Waals surface area (Å²) in [6.07, 6.45) is 6.82. The molecule has 1 aliphatic carbocycles. The second-order valence-electron chi connectivity index (χ2n) is 7.80. The van der Waals surface area contributed by atoms with Gasteiger partial charge in [0.05, 0.1) is 6.61 Å². The molecule has 142 valence electrons. The van der Waals surface area contributed by atoms with Crippen LogP contribution < -0.4 is 10.3 Å². The van der Waals surface area contributed by atoms with Crippen molar-refractivity contribution in [2.24, 2.45) is 0 Å². The van der Waals surface area contributed by atoms with Gasteiger partial charge < -0.3 is 14.5 Å². The second kappa shape index (κ2) is 6.46. The van der Waals surface area contributed by atoms with Crippen molar-refractivity contribution < 1.29 is 13.9 Å². The number of benzene rings is 1. The van der Waals surface area contributed by atoms with E-state index in [-0.39, 0.29) is 11.1 Å². The SMILES string of the molecule is O=c1cc(-c2ccc3c(c2)COC2(CCN(C4CCC4)CC2)O3)c(F)c[nH]1. The van der Waals surface area contributed by atoms with Crippen molar-refractivity contribution in [1.82, 2.24) is 9.88 Å². The minimum Gasteiger partial charge on any atom is -0.462 e. The zero-order chi connectivity index (χ0) is 18.4. The van der Waals surface area contributed by atoms with Crippen LogP contribution in [0.25, 0.3) is 11.1 Å². The molecular formula is C21H23FN2O3. The van der Waals surface area contributed by atoms with Gasteiger partial charge in [0, 0.05) is 55.4 Å². The summed E-state index contributed by atoms with van der Waals surface area (Å²) in [7, 11) is 0. The van der Waals surface area contributed by atoms with Gasteiger partial charge in [-0.3, -0.25) is 9.69 Å². The first-order chi connectivity index (χ1) is 13.1. The number of ether oxygens (including phenoxy) is 2. The second-order valence-corrected chi connectivity index (χ2v) is 7.80. The number of likely N-dealkylation sites (tertiary alicyclic amines) is 1. The van der Waals surface area contributed by atoms with E-state index in [1.165, 1.54) is 25.3 Å². The molecule has 6 heteroatoms. The molecule has 1 N–H and O–H groups in total. The molecular weight excluding hydrogens is 347 g/mol. The summed E-state index contributed by atoms with van der Waals surface area (Å²) >= 11 is 0. The number of H-pyrrole nitrogens is 1. The van der Waals surface area contributed by atoms with Gasteiger partial charge in [0.1, 0.15) is 11.6 Å². The Morgan fingerprint density at radius 1 is 1.19 bits per heavy atom. The van der Waals surface area contributed by atoms with Crippen molar-refractivity contribution in [2.75, 3.05) is 13.1 Å². The van der Waals surface area contributed by atoms with Crippen LogP contribution in [-0.4, -0.2) is 34.8 Å². The number of fused-ring (bicyclic) bond motifs is 1. The maximum Gasteiger partial charge on any atom is 0.248 e. The molecule has 2 aliphatic heterocycles. The number of aromatic amines is 1. The van der Waals surface area contributed by atoms with E-state index in [0.717, 1.165) is 49.5 Å². The lowest BCUT2D eigenvalue weighted by Crippen LogP contribution is -2.54. The van der Waals surface area contributed by atoms with E-state index < -0.39 is 11.6 Å². The molecule has 0 amide bonds. The van der Waals surface area contributed by atoms with Crippen LogP contribution in [0.5, 0.6) is 5.75 Å². The average molecular weight is 370 g/mol.